The zero-order valence-corrected chi connectivity index (χ0v) is 19.5. The number of carbonyl (C=O) groups excluding carboxylic acids is 1. The maximum Gasteiger partial charge on any atom is 0.343 e. The summed E-state index contributed by atoms with van der Waals surface area (Å²) >= 11 is 6.11. The number of aliphatic hydroxyl groups excluding tert-OH is 1. The van der Waals surface area contributed by atoms with E-state index in [0.717, 1.165) is 11.8 Å². The van der Waals surface area contributed by atoms with Crippen molar-refractivity contribution in [3.8, 4) is 0 Å². The Morgan fingerprint density at radius 2 is 1.94 bits per heavy atom. The van der Waals surface area contributed by atoms with Crippen LogP contribution in [-0.4, -0.2) is 48.9 Å². The molecule has 2 aromatic carbocycles. The molecule has 3 aromatic rings. The summed E-state index contributed by atoms with van der Waals surface area (Å²) in [5.74, 6) is -0.331. The predicted molar refractivity (Wildman–Crippen MR) is 126 cm³/mol. The quantitative estimate of drug-likeness (QED) is 0.385. The van der Waals surface area contributed by atoms with Gasteiger partial charge in [0.2, 0.25) is 5.95 Å². The molecule has 1 atom stereocenters. The minimum absolute atomic E-state index is 0.00398. The first-order valence-electron chi connectivity index (χ1n) is 9.96. The van der Waals surface area contributed by atoms with Crippen LogP contribution in [-0.2, 0) is 14.6 Å². The van der Waals surface area contributed by atoms with E-state index in [9.17, 15) is 18.3 Å². The molecule has 174 valence electrons. The maximum atomic E-state index is 12.4. The zero-order valence-electron chi connectivity index (χ0n) is 17.9. The van der Waals surface area contributed by atoms with Gasteiger partial charge in [-0.1, -0.05) is 41.9 Å². The predicted octanol–water partition coefficient (Wildman–Crippen LogP) is 3.60. The first kappa shape index (κ1) is 24.4. The van der Waals surface area contributed by atoms with Gasteiger partial charge in [-0.15, -0.1) is 0 Å². The van der Waals surface area contributed by atoms with E-state index in [0.29, 0.717) is 5.69 Å². The van der Waals surface area contributed by atoms with Crippen LogP contribution in [0, 0.1) is 0 Å². The molecule has 0 radical (unpaired) electrons. The van der Waals surface area contributed by atoms with Crippen molar-refractivity contribution in [2.24, 2.45) is 0 Å². The van der Waals surface area contributed by atoms with Crippen molar-refractivity contribution >= 4 is 44.9 Å². The average Bonchev–Trinajstić information content (AvgIpc) is 2.77. The van der Waals surface area contributed by atoms with E-state index in [2.05, 4.69) is 20.6 Å². The monoisotopic (exact) mass is 490 g/mol. The van der Waals surface area contributed by atoms with Crippen molar-refractivity contribution in [1.29, 1.82) is 0 Å². The average molecular weight is 491 g/mol. The number of aliphatic hydroxyl groups is 1. The molecule has 0 saturated heterocycles. The molecule has 0 aliphatic heterocycles. The third kappa shape index (κ3) is 6.19. The Kier molecular flexibility index (Phi) is 7.85. The van der Waals surface area contributed by atoms with Crippen molar-refractivity contribution in [2.45, 2.75) is 17.9 Å². The summed E-state index contributed by atoms with van der Waals surface area (Å²) in [6.07, 6.45) is 2.38. The third-order valence-corrected chi connectivity index (χ3v) is 6.15. The van der Waals surface area contributed by atoms with Crippen LogP contribution in [0.5, 0.6) is 0 Å². The number of nitrogens with zero attached hydrogens (tertiary/aromatic N) is 2. The van der Waals surface area contributed by atoms with E-state index < -0.39 is 21.8 Å². The number of rotatable bonds is 9. The lowest BCUT2D eigenvalue weighted by atomic mass is 10.1. The second-order valence-electron chi connectivity index (χ2n) is 7.01. The second kappa shape index (κ2) is 10.6. The van der Waals surface area contributed by atoms with Gasteiger partial charge in [0.05, 0.1) is 29.2 Å². The number of sulfone groups is 1. The lowest BCUT2D eigenvalue weighted by Crippen LogP contribution is -2.19. The molecule has 3 N–H and O–H groups in total. The van der Waals surface area contributed by atoms with Gasteiger partial charge in [-0.2, -0.15) is 4.98 Å². The number of anilines is 3. The number of halogens is 1. The van der Waals surface area contributed by atoms with Gasteiger partial charge in [0.15, 0.2) is 9.84 Å². The van der Waals surface area contributed by atoms with E-state index in [-0.39, 0.29) is 40.5 Å². The van der Waals surface area contributed by atoms with E-state index in [1.807, 2.05) is 30.3 Å². The number of nitrogens with one attached hydrogen (secondary N) is 2. The Morgan fingerprint density at radius 1 is 1.21 bits per heavy atom. The Labute approximate surface area is 196 Å². The lowest BCUT2D eigenvalue weighted by molar-refractivity contribution is 0.0526. The van der Waals surface area contributed by atoms with Crippen LogP contribution in [0.3, 0.4) is 0 Å². The van der Waals surface area contributed by atoms with Crippen LogP contribution in [0.25, 0.3) is 0 Å². The van der Waals surface area contributed by atoms with Crippen molar-refractivity contribution in [2.75, 3.05) is 30.1 Å². The molecule has 0 bridgehead atoms. The van der Waals surface area contributed by atoms with Crippen molar-refractivity contribution in [3.05, 3.63) is 70.9 Å². The highest BCUT2D eigenvalue weighted by Crippen LogP contribution is 2.27. The molecule has 0 aliphatic rings. The summed E-state index contributed by atoms with van der Waals surface area (Å²) in [6, 6.07) is 13.0. The van der Waals surface area contributed by atoms with Gasteiger partial charge in [-0.25, -0.2) is 18.2 Å². The molecule has 0 aliphatic carbocycles. The van der Waals surface area contributed by atoms with Gasteiger partial charge in [-0.05, 0) is 30.7 Å². The van der Waals surface area contributed by atoms with Crippen molar-refractivity contribution < 1.29 is 23.1 Å². The maximum absolute atomic E-state index is 12.4. The highest BCUT2D eigenvalue weighted by atomic mass is 35.5. The van der Waals surface area contributed by atoms with Crippen LogP contribution >= 0.6 is 11.6 Å². The minimum Gasteiger partial charge on any atom is -0.462 e. The van der Waals surface area contributed by atoms with Crippen LogP contribution in [0.4, 0.5) is 17.5 Å². The Bertz CT molecular complexity index is 1240. The number of benzene rings is 2. The van der Waals surface area contributed by atoms with E-state index in [1.54, 1.807) is 6.92 Å². The first-order valence-corrected chi connectivity index (χ1v) is 12.2. The summed E-state index contributed by atoms with van der Waals surface area (Å²) in [5, 5.41) is 16.0. The summed E-state index contributed by atoms with van der Waals surface area (Å²) < 4.78 is 28.6. The molecular formula is C22H23ClN4O5S. The number of esters is 1. The second-order valence-corrected chi connectivity index (χ2v) is 9.40. The summed E-state index contributed by atoms with van der Waals surface area (Å²) in [6.45, 7) is 1.61. The molecule has 3 rings (SSSR count). The Morgan fingerprint density at radius 3 is 2.55 bits per heavy atom. The molecule has 1 heterocycles. The van der Waals surface area contributed by atoms with Gasteiger partial charge in [0.25, 0.3) is 0 Å². The number of hydrogen-bond acceptors (Lipinski definition) is 9. The number of carbonyl (C=O) groups is 1. The van der Waals surface area contributed by atoms with Gasteiger partial charge < -0.3 is 20.5 Å². The first-order chi connectivity index (χ1) is 15.7. The standard InChI is InChI=1S/C22H23ClN4O5S/c1-3-32-21(29)16-12-24-22(25-15-9-10-19(17(23)11-15)33(2,30)31)27-20(16)26-18(13-28)14-7-5-4-6-8-14/h4-12,18,28H,3,13H2,1-2H3,(H2,24,25,26,27)/t18-/m1/s1. The van der Waals surface area contributed by atoms with Crippen molar-refractivity contribution in [1.82, 2.24) is 9.97 Å². The fourth-order valence-corrected chi connectivity index (χ4v) is 4.33. The summed E-state index contributed by atoms with van der Waals surface area (Å²) in [4.78, 5) is 21.0. The molecule has 0 amide bonds. The van der Waals surface area contributed by atoms with Crippen LogP contribution in [0.15, 0.2) is 59.6 Å². The fourth-order valence-electron chi connectivity index (χ4n) is 3.00. The molecule has 0 saturated carbocycles. The largest absolute Gasteiger partial charge is 0.462 e. The number of ether oxygens (including phenoxy) is 1. The topological polar surface area (TPSA) is 131 Å². The number of hydrogen-bond donors (Lipinski definition) is 3. The molecule has 1 aromatic heterocycles. The van der Waals surface area contributed by atoms with Gasteiger partial charge in [-0.3, -0.25) is 0 Å². The molecule has 11 heteroatoms. The van der Waals surface area contributed by atoms with Crippen LogP contribution in [0.1, 0.15) is 28.9 Å². The molecular weight excluding hydrogens is 468 g/mol. The normalized spacial score (nSPS) is 12.1. The molecule has 0 fully saturated rings. The Balaban J connectivity index is 1.94. The minimum atomic E-state index is -3.47. The molecule has 9 nitrogen and oxygen atoms in total. The third-order valence-electron chi connectivity index (χ3n) is 4.57. The van der Waals surface area contributed by atoms with Crippen LogP contribution < -0.4 is 10.6 Å². The lowest BCUT2D eigenvalue weighted by Gasteiger charge is -2.19. The highest BCUT2D eigenvalue weighted by Gasteiger charge is 2.20. The van der Waals surface area contributed by atoms with E-state index in [4.69, 9.17) is 16.3 Å². The molecule has 33 heavy (non-hydrogen) atoms. The van der Waals surface area contributed by atoms with Gasteiger partial charge in [0, 0.05) is 18.1 Å². The summed E-state index contributed by atoms with van der Waals surface area (Å²) in [7, 11) is -3.47. The zero-order chi connectivity index (χ0) is 24.0. The van der Waals surface area contributed by atoms with Gasteiger partial charge in [0.1, 0.15) is 11.4 Å². The smallest absolute Gasteiger partial charge is 0.343 e. The Hall–Kier alpha value is -3.21. The van der Waals surface area contributed by atoms with E-state index in [1.165, 1.54) is 24.4 Å². The molecule has 0 spiro atoms. The van der Waals surface area contributed by atoms with Gasteiger partial charge >= 0.3 is 5.97 Å². The highest BCUT2D eigenvalue weighted by molar-refractivity contribution is 7.90. The van der Waals surface area contributed by atoms with Crippen molar-refractivity contribution in [3.63, 3.8) is 0 Å². The fraction of sp³-hybridized carbons (Fsp3) is 0.227. The summed E-state index contributed by atoms with van der Waals surface area (Å²) in [5.41, 5.74) is 1.34. The number of aromatic nitrogens is 2. The molecule has 0 unspecified atom stereocenters. The SMILES string of the molecule is CCOC(=O)c1cnc(Nc2ccc(S(C)(=O)=O)c(Cl)c2)nc1N[C@H](CO)c1ccccc1. The van der Waals surface area contributed by atoms with Crippen LogP contribution in [0.2, 0.25) is 5.02 Å². The van der Waals surface area contributed by atoms with E-state index >= 15 is 0 Å².